The summed E-state index contributed by atoms with van der Waals surface area (Å²) in [4.78, 5) is 13.9. The third-order valence-electron chi connectivity index (χ3n) is 3.07. The molecule has 2 heterocycles. The second kappa shape index (κ2) is 5.44. The Bertz CT molecular complexity index is 448. The second-order valence-electron chi connectivity index (χ2n) is 4.25. The number of hydrogen-bond acceptors (Lipinski definition) is 5. The Kier molecular flexibility index (Phi) is 3.71. The molecule has 0 bridgehead atoms. The van der Waals surface area contributed by atoms with E-state index in [2.05, 4.69) is 15.4 Å². The summed E-state index contributed by atoms with van der Waals surface area (Å²) in [5, 5.41) is 19.0. The number of carbonyl (C=O) groups excluding carboxylic acids is 1. The maximum Gasteiger partial charge on any atom is 0.255 e. The first-order valence-corrected chi connectivity index (χ1v) is 5.75. The molecule has 1 amide bonds. The molecule has 1 aromatic rings. The number of oxime groups is 1. The van der Waals surface area contributed by atoms with Crippen LogP contribution in [0.5, 0.6) is 0 Å². The lowest BCUT2D eigenvalue weighted by Gasteiger charge is -2.32. The van der Waals surface area contributed by atoms with E-state index in [9.17, 15) is 4.79 Å². The van der Waals surface area contributed by atoms with E-state index in [4.69, 9.17) is 10.9 Å². The Labute approximate surface area is 104 Å². The minimum Gasteiger partial charge on any atom is -0.409 e. The van der Waals surface area contributed by atoms with Crippen molar-refractivity contribution in [2.24, 2.45) is 16.8 Å². The van der Waals surface area contributed by atoms with Crippen LogP contribution in [0.1, 0.15) is 23.2 Å². The molecule has 1 unspecified atom stereocenters. The van der Waals surface area contributed by atoms with Gasteiger partial charge in [0.1, 0.15) is 5.84 Å². The molecular formula is C11H15N5O2. The molecule has 1 aliphatic rings. The maximum atomic E-state index is 12.2. The molecule has 1 atom stereocenters. The van der Waals surface area contributed by atoms with E-state index in [1.54, 1.807) is 11.0 Å². The lowest BCUT2D eigenvalue weighted by atomic mass is 9.96. The third kappa shape index (κ3) is 2.55. The molecule has 2 rings (SSSR count). The Morgan fingerprint density at radius 1 is 1.56 bits per heavy atom. The topological polar surface area (TPSA) is 105 Å². The van der Waals surface area contributed by atoms with Crippen LogP contribution in [0.2, 0.25) is 0 Å². The largest absolute Gasteiger partial charge is 0.409 e. The molecule has 96 valence electrons. The first kappa shape index (κ1) is 12.3. The van der Waals surface area contributed by atoms with Gasteiger partial charge in [-0.25, -0.2) is 0 Å². The summed E-state index contributed by atoms with van der Waals surface area (Å²) < 4.78 is 0. The lowest BCUT2D eigenvalue weighted by Crippen LogP contribution is -2.44. The lowest BCUT2D eigenvalue weighted by molar-refractivity contribution is 0.0700. The van der Waals surface area contributed by atoms with Crippen molar-refractivity contribution in [1.29, 1.82) is 0 Å². The van der Waals surface area contributed by atoms with Gasteiger partial charge in [-0.1, -0.05) is 5.16 Å². The number of aromatic nitrogens is 2. The van der Waals surface area contributed by atoms with Crippen LogP contribution in [-0.2, 0) is 0 Å². The van der Waals surface area contributed by atoms with Gasteiger partial charge in [0.25, 0.3) is 5.91 Å². The first-order chi connectivity index (χ1) is 8.72. The number of carbonyl (C=O) groups is 1. The normalized spacial score (nSPS) is 20.8. The van der Waals surface area contributed by atoms with Crippen molar-refractivity contribution in [3.05, 3.63) is 24.0 Å². The van der Waals surface area contributed by atoms with Gasteiger partial charge in [-0.2, -0.15) is 10.2 Å². The van der Waals surface area contributed by atoms with Crippen LogP contribution in [0.3, 0.4) is 0 Å². The van der Waals surface area contributed by atoms with Crippen LogP contribution >= 0.6 is 0 Å². The van der Waals surface area contributed by atoms with Crippen molar-refractivity contribution in [2.45, 2.75) is 12.8 Å². The van der Waals surface area contributed by atoms with Gasteiger partial charge in [-0.05, 0) is 18.9 Å². The van der Waals surface area contributed by atoms with Gasteiger partial charge in [0.2, 0.25) is 0 Å². The molecule has 0 aliphatic carbocycles. The van der Waals surface area contributed by atoms with E-state index in [-0.39, 0.29) is 17.7 Å². The Hall–Kier alpha value is -2.18. The van der Waals surface area contributed by atoms with Crippen LogP contribution in [0.4, 0.5) is 0 Å². The fourth-order valence-corrected chi connectivity index (χ4v) is 2.08. The SMILES string of the molecule is N/C(=N/O)C1CCCN(C(=O)c2ccnnc2)C1. The molecule has 7 nitrogen and oxygen atoms in total. The zero-order chi connectivity index (χ0) is 13.0. The first-order valence-electron chi connectivity index (χ1n) is 5.75. The summed E-state index contributed by atoms with van der Waals surface area (Å²) in [7, 11) is 0. The number of piperidine rings is 1. The molecule has 7 heteroatoms. The van der Waals surface area contributed by atoms with Crippen LogP contribution in [0, 0.1) is 5.92 Å². The van der Waals surface area contributed by atoms with Crippen molar-refractivity contribution in [3.8, 4) is 0 Å². The van der Waals surface area contributed by atoms with Gasteiger partial charge in [-0.3, -0.25) is 4.79 Å². The summed E-state index contributed by atoms with van der Waals surface area (Å²) in [5.74, 6) is 0.00295. The fraction of sp³-hybridized carbons (Fsp3) is 0.455. The van der Waals surface area contributed by atoms with Crippen molar-refractivity contribution in [3.63, 3.8) is 0 Å². The number of nitrogens with zero attached hydrogens (tertiary/aromatic N) is 4. The Morgan fingerprint density at radius 2 is 2.39 bits per heavy atom. The predicted octanol–water partition coefficient (Wildman–Crippen LogP) is 0.0752. The van der Waals surface area contributed by atoms with Crippen molar-refractivity contribution in [2.75, 3.05) is 13.1 Å². The quantitative estimate of drug-likeness (QED) is 0.334. The number of amidine groups is 1. The van der Waals surface area contributed by atoms with E-state index >= 15 is 0 Å². The molecule has 18 heavy (non-hydrogen) atoms. The Morgan fingerprint density at radius 3 is 3.06 bits per heavy atom. The monoisotopic (exact) mass is 249 g/mol. The molecule has 0 radical (unpaired) electrons. The van der Waals surface area contributed by atoms with E-state index in [1.165, 1.54) is 12.4 Å². The van der Waals surface area contributed by atoms with Crippen molar-refractivity contribution < 1.29 is 10.0 Å². The number of likely N-dealkylation sites (tertiary alicyclic amines) is 1. The standard InChI is InChI=1S/C11H15N5O2/c12-10(15-18)9-2-1-5-16(7-9)11(17)8-3-4-13-14-6-8/h3-4,6,9,18H,1-2,5,7H2,(H2,12,15). The summed E-state index contributed by atoms with van der Waals surface area (Å²) in [6.45, 7) is 1.15. The molecule has 1 aliphatic heterocycles. The molecule has 3 N–H and O–H groups in total. The minimum absolute atomic E-state index is 0.0810. The third-order valence-corrected chi connectivity index (χ3v) is 3.07. The van der Waals surface area contributed by atoms with E-state index in [0.29, 0.717) is 18.7 Å². The molecule has 0 saturated carbocycles. The highest BCUT2D eigenvalue weighted by Crippen LogP contribution is 2.18. The highest BCUT2D eigenvalue weighted by atomic mass is 16.4. The van der Waals surface area contributed by atoms with Crippen LogP contribution in [0.15, 0.2) is 23.6 Å². The molecule has 1 saturated heterocycles. The summed E-state index contributed by atoms with van der Waals surface area (Å²) in [6, 6.07) is 1.63. The molecule has 0 aromatic carbocycles. The van der Waals surface area contributed by atoms with E-state index in [1.807, 2.05) is 0 Å². The van der Waals surface area contributed by atoms with Crippen LogP contribution in [-0.4, -0.2) is 45.1 Å². The zero-order valence-electron chi connectivity index (χ0n) is 9.86. The average Bonchev–Trinajstić information content (AvgIpc) is 2.46. The van der Waals surface area contributed by atoms with Crippen molar-refractivity contribution in [1.82, 2.24) is 15.1 Å². The summed E-state index contributed by atoms with van der Waals surface area (Å²) >= 11 is 0. The van der Waals surface area contributed by atoms with Gasteiger partial charge in [-0.15, -0.1) is 0 Å². The zero-order valence-corrected chi connectivity index (χ0v) is 9.86. The van der Waals surface area contributed by atoms with Crippen LogP contribution in [0.25, 0.3) is 0 Å². The molecule has 0 spiro atoms. The molecule has 1 aromatic heterocycles. The van der Waals surface area contributed by atoms with Gasteiger partial charge in [0.15, 0.2) is 0 Å². The van der Waals surface area contributed by atoms with E-state index < -0.39 is 0 Å². The minimum atomic E-state index is -0.0969. The summed E-state index contributed by atoms with van der Waals surface area (Å²) in [5.41, 5.74) is 6.09. The van der Waals surface area contributed by atoms with Gasteiger partial charge >= 0.3 is 0 Å². The summed E-state index contributed by atoms with van der Waals surface area (Å²) in [6.07, 6.45) is 4.59. The van der Waals surface area contributed by atoms with Gasteiger partial charge in [0, 0.05) is 19.0 Å². The fourth-order valence-electron chi connectivity index (χ4n) is 2.08. The second-order valence-corrected chi connectivity index (χ2v) is 4.25. The molecular weight excluding hydrogens is 234 g/mol. The van der Waals surface area contributed by atoms with Gasteiger partial charge < -0.3 is 15.8 Å². The smallest absolute Gasteiger partial charge is 0.255 e. The average molecular weight is 249 g/mol. The highest BCUT2D eigenvalue weighted by Gasteiger charge is 2.26. The van der Waals surface area contributed by atoms with Gasteiger partial charge in [0.05, 0.1) is 18.0 Å². The number of hydrogen-bond donors (Lipinski definition) is 2. The number of nitrogens with two attached hydrogens (primary N) is 1. The maximum absolute atomic E-state index is 12.2. The Balaban J connectivity index is 2.08. The van der Waals surface area contributed by atoms with Crippen LogP contribution < -0.4 is 5.73 Å². The molecule has 1 fully saturated rings. The predicted molar refractivity (Wildman–Crippen MR) is 64.1 cm³/mol. The van der Waals surface area contributed by atoms with Crippen molar-refractivity contribution >= 4 is 11.7 Å². The number of amides is 1. The number of rotatable bonds is 2. The highest BCUT2D eigenvalue weighted by molar-refractivity contribution is 5.94. The van der Waals surface area contributed by atoms with E-state index in [0.717, 1.165) is 12.8 Å².